The average Bonchev–Trinajstić information content (AvgIpc) is 2.49. The van der Waals surface area contributed by atoms with Crippen molar-refractivity contribution in [3.63, 3.8) is 0 Å². The lowest BCUT2D eigenvalue weighted by atomic mass is 9.82. The number of anilines is 1. The largest absolute Gasteiger partial charge is 0.355 e. The van der Waals surface area contributed by atoms with Gasteiger partial charge in [-0.15, -0.1) is 0 Å². The summed E-state index contributed by atoms with van der Waals surface area (Å²) in [6.07, 6.45) is 4.36. The molecule has 21 heavy (non-hydrogen) atoms. The quantitative estimate of drug-likeness (QED) is 0.801. The van der Waals surface area contributed by atoms with Gasteiger partial charge in [0.15, 0.2) is 0 Å². The molecule has 1 fully saturated rings. The van der Waals surface area contributed by atoms with E-state index in [1.807, 2.05) is 0 Å². The Morgan fingerprint density at radius 2 is 1.90 bits per heavy atom. The van der Waals surface area contributed by atoms with Crippen LogP contribution in [0, 0.1) is 0 Å². The molecule has 0 radical (unpaired) electrons. The average molecular weight is 310 g/mol. The maximum atomic E-state index is 12.4. The lowest BCUT2D eigenvalue weighted by Gasteiger charge is -2.31. The number of carbonyl (C=O) groups excluding carboxylic acids is 2. The smallest absolute Gasteiger partial charge is 0.251 e. The summed E-state index contributed by atoms with van der Waals surface area (Å²) in [6.45, 7) is 0. The van der Waals surface area contributed by atoms with Crippen molar-refractivity contribution in [2.24, 2.45) is 5.73 Å². The van der Waals surface area contributed by atoms with Crippen molar-refractivity contribution in [1.29, 1.82) is 0 Å². The molecule has 4 N–H and O–H groups in total. The van der Waals surface area contributed by atoms with Crippen LogP contribution < -0.4 is 16.4 Å². The predicted molar refractivity (Wildman–Crippen MR) is 83.5 cm³/mol. The lowest BCUT2D eigenvalue weighted by molar-refractivity contribution is -0.122. The summed E-state index contributed by atoms with van der Waals surface area (Å²) in [7, 11) is 1.55. The third-order valence-electron chi connectivity index (χ3n) is 3.90. The van der Waals surface area contributed by atoms with Crippen molar-refractivity contribution in [3.8, 4) is 0 Å². The van der Waals surface area contributed by atoms with E-state index in [1.165, 1.54) is 0 Å². The minimum Gasteiger partial charge on any atom is -0.355 e. The van der Waals surface area contributed by atoms with Gasteiger partial charge >= 0.3 is 0 Å². The maximum Gasteiger partial charge on any atom is 0.251 e. The van der Waals surface area contributed by atoms with E-state index in [-0.39, 0.29) is 11.8 Å². The first-order valence-corrected chi connectivity index (χ1v) is 7.46. The van der Waals surface area contributed by atoms with Gasteiger partial charge in [-0.25, -0.2) is 0 Å². The maximum absolute atomic E-state index is 12.4. The molecule has 1 saturated carbocycles. The zero-order valence-corrected chi connectivity index (χ0v) is 12.8. The topological polar surface area (TPSA) is 84.2 Å². The van der Waals surface area contributed by atoms with Crippen LogP contribution in [-0.2, 0) is 4.79 Å². The second-order valence-electron chi connectivity index (χ2n) is 5.44. The van der Waals surface area contributed by atoms with Gasteiger partial charge in [0, 0.05) is 12.6 Å². The Morgan fingerprint density at radius 3 is 2.52 bits per heavy atom. The first-order valence-electron chi connectivity index (χ1n) is 7.08. The normalized spacial score (nSPS) is 17.1. The SMILES string of the molecule is CNC(=O)c1ccc(Cl)c(NC(=O)C2(N)CCCCC2)c1. The number of halogens is 1. The Morgan fingerprint density at radius 1 is 1.24 bits per heavy atom. The van der Waals surface area contributed by atoms with Crippen molar-refractivity contribution in [2.75, 3.05) is 12.4 Å². The van der Waals surface area contributed by atoms with Gasteiger partial charge in [-0.2, -0.15) is 0 Å². The predicted octanol–water partition coefficient (Wildman–Crippen LogP) is 2.30. The van der Waals surface area contributed by atoms with Crippen LogP contribution in [0.15, 0.2) is 18.2 Å². The summed E-state index contributed by atoms with van der Waals surface area (Å²) < 4.78 is 0. The standard InChI is InChI=1S/C15H20ClN3O2/c1-18-13(20)10-5-6-11(16)12(9-10)19-14(21)15(17)7-3-2-4-8-15/h5-6,9H,2-4,7-8,17H2,1H3,(H,18,20)(H,19,21). The van der Waals surface area contributed by atoms with Crippen LogP contribution in [0.4, 0.5) is 5.69 Å². The molecule has 0 aliphatic heterocycles. The van der Waals surface area contributed by atoms with Gasteiger partial charge in [-0.3, -0.25) is 9.59 Å². The van der Waals surface area contributed by atoms with Crippen molar-refractivity contribution in [3.05, 3.63) is 28.8 Å². The second-order valence-corrected chi connectivity index (χ2v) is 5.85. The fourth-order valence-corrected chi connectivity index (χ4v) is 2.73. The van der Waals surface area contributed by atoms with Crippen LogP contribution in [0.2, 0.25) is 5.02 Å². The summed E-state index contributed by atoms with van der Waals surface area (Å²) in [5, 5.41) is 5.68. The van der Waals surface area contributed by atoms with Gasteiger partial charge in [0.25, 0.3) is 5.91 Å². The Bertz CT molecular complexity index is 554. The fourth-order valence-electron chi connectivity index (χ4n) is 2.56. The van der Waals surface area contributed by atoms with Crippen LogP contribution in [0.1, 0.15) is 42.5 Å². The third-order valence-corrected chi connectivity index (χ3v) is 4.23. The van der Waals surface area contributed by atoms with E-state index in [0.717, 1.165) is 19.3 Å². The molecule has 0 bridgehead atoms. The van der Waals surface area contributed by atoms with E-state index in [0.29, 0.717) is 29.1 Å². The molecule has 2 amide bonds. The molecule has 1 aromatic rings. The van der Waals surface area contributed by atoms with E-state index in [1.54, 1.807) is 25.2 Å². The molecule has 2 rings (SSSR count). The molecule has 1 aromatic carbocycles. The first-order chi connectivity index (χ1) is 9.96. The Kier molecular flexibility index (Phi) is 4.85. The highest BCUT2D eigenvalue weighted by Crippen LogP contribution is 2.29. The van der Waals surface area contributed by atoms with E-state index < -0.39 is 5.54 Å². The molecule has 0 heterocycles. The van der Waals surface area contributed by atoms with E-state index in [2.05, 4.69) is 10.6 Å². The van der Waals surface area contributed by atoms with Crippen molar-refractivity contribution >= 4 is 29.1 Å². The number of hydrogen-bond donors (Lipinski definition) is 3. The van der Waals surface area contributed by atoms with E-state index in [4.69, 9.17) is 17.3 Å². The highest BCUT2D eigenvalue weighted by Gasteiger charge is 2.35. The summed E-state index contributed by atoms with van der Waals surface area (Å²) in [6, 6.07) is 4.76. The molecule has 0 atom stereocenters. The highest BCUT2D eigenvalue weighted by atomic mass is 35.5. The molecule has 0 spiro atoms. The van der Waals surface area contributed by atoms with Gasteiger partial charge in [0.2, 0.25) is 5.91 Å². The number of amides is 2. The zero-order chi connectivity index (χ0) is 15.5. The molecule has 1 aliphatic carbocycles. The Hall–Kier alpha value is -1.59. The van der Waals surface area contributed by atoms with Gasteiger partial charge in [-0.05, 0) is 31.0 Å². The molecule has 1 aliphatic rings. The first kappa shape index (κ1) is 15.8. The molecular formula is C15H20ClN3O2. The monoisotopic (exact) mass is 309 g/mol. The van der Waals surface area contributed by atoms with E-state index in [9.17, 15) is 9.59 Å². The summed E-state index contributed by atoms with van der Waals surface area (Å²) in [5.74, 6) is -0.472. The van der Waals surface area contributed by atoms with Crippen molar-refractivity contribution < 1.29 is 9.59 Å². The number of nitrogens with one attached hydrogen (secondary N) is 2. The Balaban J connectivity index is 2.18. The number of hydrogen-bond acceptors (Lipinski definition) is 3. The van der Waals surface area contributed by atoms with Gasteiger partial charge in [0.05, 0.1) is 16.2 Å². The number of rotatable bonds is 3. The fraction of sp³-hybridized carbons (Fsp3) is 0.467. The second kappa shape index (κ2) is 6.45. The molecule has 114 valence electrons. The van der Waals surface area contributed by atoms with Crippen LogP contribution in [0.25, 0.3) is 0 Å². The van der Waals surface area contributed by atoms with Crippen LogP contribution >= 0.6 is 11.6 Å². The highest BCUT2D eigenvalue weighted by molar-refractivity contribution is 6.34. The molecule has 0 aromatic heterocycles. The van der Waals surface area contributed by atoms with Crippen LogP contribution in [-0.4, -0.2) is 24.4 Å². The van der Waals surface area contributed by atoms with Crippen LogP contribution in [0.5, 0.6) is 0 Å². The number of carbonyl (C=O) groups is 2. The summed E-state index contributed by atoms with van der Waals surface area (Å²) in [5.41, 5.74) is 6.20. The summed E-state index contributed by atoms with van der Waals surface area (Å²) >= 11 is 6.09. The summed E-state index contributed by atoms with van der Waals surface area (Å²) in [4.78, 5) is 24.0. The Labute approximate surface area is 129 Å². The van der Waals surface area contributed by atoms with Crippen molar-refractivity contribution in [1.82, 2.24) is 5.32 Å². The van der Waals surface area contributed by atoms with Crippen molar-refractivity contribution in [2.45, 2.75) is 37.6 Å². The molecule has 0 unspecified atom stereocenters. The minimum absolute atomic E-state index is 0.234. The van der Waals surface area contributed by atoms with E-state index >= 15 is 0 Å². The van der Waals surface area contributed by atoms with Gasteiger partial charge in [-0.1, -0.05) is 30.9 Å². The molecule has 6 heteroatoms. The molecule has 5 nitrogen and oxygen atoms in total. The zero-order valence-electron chi connectivity index (χ0n) is 12.0. The molecular weight excluding hydrogens is 290 g/mol. The van der Waals surface area contributed by atoms with Gasteiger partial charge in [0.1, 0.15) is 0 Å². The molecule has 0 saturated heterocycles. The number of benzene rings is 1. The van der Waals surface area contributed by atoms with Gasteiger partial charge < -0.3 is 16.4 Å². The minimum atomic E-state index is -0.843. The number of nitrogens with two attached hydrogens (primary N) is 1. The van der Waals surface area contributed by atoms with Crippen LogP contribution in [0.3, 0.4) is 0 Å². The third kappa shape index (κ3) is 3.54. The lowest BCUT2D eigenvalue weighted by Crippen LogP contribution is -2.52.